The second-order valence-electron chi connectivity index (χ2n) is 4.49. The summed E-state index contributed by atoms with van der Waals surface area (Å²) in [5.74, 6) is -0.454. The summed E-state index contributed by atoms with van der Waals surface area (Å²) < 4.78 is 13.0. The Labute approximate surface area is 106 Å². The van der Waals surface area contributed by atoms with Crippen molar-refractivity contribution in [1.29, 1.82) is 0 Å². The van der Waals surface area contributed by atoms with Crippen LogP contribution in [-0.4, -0.2) is 23.4 Å². The van der Waals surface area contributed by atoms with Gasteiger partial charge in [0, 0.05) is 5.41 Å². The summed E-state index contributed by atoms with van der Waals surface area (Å²) in [6.45, 7) is 1.82. The molecule has 17 heavy (non-hydrogen) atoms. The summed E-state index contributed by atoms with van der Waals surface area (Å²) in [6.07, 6.45) is 2.08. The van der Waals surface area contributed by atoms with Gasteiger partial charge in [0.15, 0.2) is 0 Å². The lowest BCUT2D eigenvalue weighted by Crippen LogP contribution is -2.32. The predicted octanol–water partition coefficient (Wildman–Crippen LogP) is 2.79. The van der Waals surface area contributed by atoms with Crippen LogP contribution < -0.4 is 0 Å². The van der Waals surface area contributed by atoms with Crippen LogP contribution in [0.5, 0.6) is 0 Å². The molecular weight excluding hydrogens is 243 g/mol. The van der Waals surface area contributed by atoms with Crippen LogP contribution in [-0.2, 0) is 6.42 Å². The molecule has 1 rings (SSSR count). The van der Waals surface area contributed by atoms with Gasteiger partial charge in [-0.05, 0) is 30.5 Å². The van der Waals surface area contributed by atoms with Gasteiger partial charge in [-0.2, -0.15) is 0 Å². The fourth-order valence-corrected chi connectivity index (χ4v) is 2.22. The van der Waals surface area contributed by atoms with E-state index in [0.29, 0.717) is 6.42 Å². The van der Waals surface area contributed by atoms with Gasteiger partial charge in [-0.3, -0.25) is 0 Å². The van der Waals surface area contributed by atoms with E-state index in [1.807, 2.05) is 6.92 Å². The zero-order valence-corrected chi connectivity index (χ0v) is 10.7. The number of rotatable bonds is 6. The Morgan fingerprint density at radius 3 is 2.41 bits per heavy atom. The normalized spacial score (nSPS) is 11.8. The molecule has 1 aromatic carbocycles. The Morgan fingerprint density at radius 1 is 1.29 bits per heavy atom. The molecular formula is C13H18ClFO2. The van der Waals surface area contributed by atoms with E-state index in [9.17, 15) is 14.6 Å². The standard InChI is InChI=1S/C13H18ClFO2/c1-2-5-13(8-16,9-17)7-10-3-4-12(15)11(14)6-10/h3-4,6,16-17H,2,5,7-9H2,1H3. The predicted molar refractivity (Wildman–Crippen MR) is 66.6 cm³/mol. The Hall–Kier alpha value is -0.640. The van der Waals surface area contributed by atoms with Crippen LogP contribution in [0.1, 0.15) is 25.3 Å². The molecule has 0 spiro atoms. The van der Waals surface area contributed by atoms with Crippen LogP contribution in [0.15, 0.2) is 18.2 Å². The van der Waals surface area contributed by atoms with Crippen molar-refractivity contribution in [3.63, 3.8) is 0 Å². The molecule has 0 atom stereocenters. The monoisotopic (exact) mass is 260 g/mol. The second-order valence-corrected chi connectivity index (χ2v) is 4.90. The van der Waals surface area contributed by atoms with Crippen molar-refractivity contribution in [3.8, 4) is 0 Å². The lowest BCUT2D eigenvalue weighted by Gasteiger charge is -2.29. The Balaban J connectivity index is 2.89. The Morgan fingerprint density at radius 2 is 1.94 bits per heavy atom. The van der Waals surface area contributed by atoms with Gasteiger partial charge in [-0.15, -0.1) is 0 Å². The molecule has 96 valence electrons. The first-order chi connectivity index (χ1) is 8.06. The molecule has 2 N–H and O–H groups in total. The van der Waals surface area contributed by atoms with E-state index in [0.717, 1.165) is 18.4 Å². The minimum absolute atomic E-state index is 0.0729. The van der Waals surface area contributed by atoms with Crippen molar-refractivity contribution in [2.75, 3.05) is 13.2 Å². The number of aliphatic hydroxyl groups is 2. The van der Waals surface area contributed by atoms with Crippen molar-refractivity contribution in [3.05, 3.63) is 34.6 Å². The third-order valence-corrected chi connectivity index (χ3v) is 3.30. The summed E-state index contributed by atoms with van der Waals surface area (Å²) in [4.78, 5) is 0. The van der Waals surface area contributed by atoms with E-state index in [1.54, 1.807) is 12.1 Å². The van der Waals surface area contributed by atoms with Crippen LogP contribution in [0.2, 0.25) is 5.02 Å². The molecule has 0 amide bonds. The zero-order valence-electron chi connectivity index (χ0n) is 9.92. The smallest absolute Gasteiger partial charge is 0.141 e. The van der Waals surface area contributed by atoms with Gasteiger partial charge < -0.3 is 10.2 Å². The van der Waals surface area contributed by atoms with E-state index >= 15 is 0 Å². The maximum Gasteiger partial charge on any atom is 0.141 e. The molecule has 0 aromatic heterocycles. The zero-order chi connectivity index (χ0) is 12.9. The van der Waals surface area contributed by atoms with Gasteiger partial charge in [0.2, 0.25) is 0 Å². The SMILES string of the molecule is CCCC(CO)(CO)Cc1ccc(F)c(Cl)c1. The van der Waals surface area contributed by atoms with Gasteiger partial charge in [-0.25, -0.2) is 4.39 Å². The van der Waals surface area contributed by atoms with Crippen LogP contribution >= 0.6 is 11.6 Å². The molecule has 0 saturated carbocycles. The fraction of sp³-hybridized carbons (Fsp3) is 0.538. The number of halogens is 2. The lowest BCUT2D eigenvalue weighted by molar-refractivity contribution is 0.0466. The minimum Gasteiger partial charge on any atom is -0.396 e. The molecule has 0 heterocycles. The third kappa shape index (κ3) is 3.66. The molecule has 0 saturated heterocycles. The summed E-state index contributed by atoms with van der Waals surface area (Å²) in [5.41, 5.74) is 0.281. The molecule has 0 fully saturated rings. The van der Waals surface area contributed by atoms with Crippen molar-refractivity contribution < 1.29 is 14.6 Å². The highest BCUT2D eigenvalue weighted by molar-refractivity contribution is 6.30. The molecule has 2 nitrogen and oxygen atoms in total. The highest BCUT2D eigenvalue weighted by atomic mass is 35.5. The summed E-state index contributed by atoms with van der Waals surface area (Å²) in [6, 6.07) is 4.49. The largest absolute Gasteiger partial charge is 0.396 e. The van der Waals surface area contributed by atoms with E-state index in [2.05, 4.69) is 0 Å². The van der Waals surface area contributed by atoms with Gasteiger partial charge >= 0.3 is 0 Å². The van der Waals surface area contributed by atoms with Crippen molar-refractivity contribution in [2.24, 2.45) is 5.41 Å². The highest BCUT2D eigenvalue weighted by Crippen LogP contribution is 2.29. The number of hydrogen-bond acceptors (Lipinski definition) is 2. The average Bonchev–Trinajstić information content (AvgIpc) is 2.33. The number of benzene rings is 1. The van der Waals surface area contributed by atoms with Gasteiger partial charge in [0.1, 0.15) is 5.82 Å². The van der Waals surface area contributed by atoms with Crippen LogP contribution in [0.4, 0.5) is 4.39 Å². The van der Waals surface area contributed by atoms with Gasteiger partial charge in [-0.1, -0.05) is 31.0 Å². The minimum atomic E-state index is -0.546. The van der Waals surface area contributed by atoms with Crippen molar-refractivity contribution >= 4 is 11.6 Å². The molecule has 1 aromatic rings. The van der Waals surface area contributed by atoms with Crippen molar-refractivity contribution in [2.45, 2.75) is 26.2 Å². The summed E-state index contributed by atoms with van der Waals surface area (Å²) in [5, 5.41) is 18.9. The van der Waals surface area contributed by atoms with Crippen LogP contribution in [0.3, 0.4) is 0 Å². The fourth-order valence-electron chi connectivity index (χ4n) is 2.02. The van der Waals surface area contributed by atoms with Crippen LogP contribution in [0, 0.1) is 11.2 Å². The first-order valence-corrected chi connectivity index (χ1v) is 6.10. The van der Waals surface area contributed by atoms with Crippen LogP contribution in [0.25, 0.3) is 0 Å². The number of aliphatic hydroxyl groups excluding tert-OH is 2. The first-order valence-electron chi connectivity index (χ1n) is 5.72. The Kier molecular flexibility index (Phi) is 5.37. The molecule has 0 aliphatic rings. The third-order valence-electron chi connectivity index (χ3n) is 3.01. The van der Waals surface area contributed by atoms with E-state index in [4.69, 9.17) is 11.6 Å². The second kappa shape index (κ2) is 6.34. The first kappa shape index (κ1) is 14.4. The van der Waals surface area contributed by atoms with E-state index in [1.165, 1.54) is 6.07 Å². The summed E-state index contributed by atoms with van der Waals surface area (Å²) >= 11 is 5.71. The van der Waals surface area contributed by atoms with Gasteiger partial charge in [0.25, 0.3) is 0 Å². The molecule has 0 aliphatic heterocycles. The molecule has 4 heteroatoms. The molecule has 0 bridgehead atoms. The van der Waals surface area contributed by atoms with Crippen molar-refractivity contribution in [1.82, 2.24) is 0 Å². The van der Waals surface area contributed by atoms with Gasteiger partial charge in [0.05, 0.1) is 18.2 Å². The number of hydrogen-bond donors (Lipinski definition) is 2. The molecule has 0 radical (unpaired) electrons. The maximum atomic E-state index is 13.0. The topological polar surface area (TPSA) is 40.5 Å². The Bertz CT molecular complexity index is 364. The maximum absolute atomic E-state index is 13.0. The average molecular weight is 261 g/mol. The summed E-state index contributed by atoms with van der Waals surface area (Å²) in [7, 11) is 0. The molecule has 0 unspecified atom stereocenters. The highest BCUT2D eigenvalue weighted by Gasteiger charge is 2.28. The van der Waals surface area contributed by atoms with E-state index in [-0.39, 0.29) is 18.2 Å². The quantitative estimate of drug-likeness (QED) is 0.826. The lowest BCUT2D eigenvalue weighted by atomic mass is 9.79. The molecule has 0 aliphatic carbocycles. The van der Waals surface area contributed by atoms with E-state index < -0.39 is 11.2 Å².